The van der Waals surface area contributed by atoms with Crippen LogP contribution in [-0.2, 0) is 10.0 Å². The summed E-state index contributed by atoms with van der Waals surface area (Å²) in [6.45, 7) is 4.45. The molecule has 0 aliphatic carbocycles. The van der Waals surface area contributed by atoms with Crippen molar-refractivity contribution in [1.82, 2.24) is 9.21 Å². The Morgan fingerprint density at radius 1 is 1.19 bits per heavy atom. The van der Waals surface area contributed by atoms with Gasteiger partial charge < -0.3 is 5.11 Å². The van der Waals surface area contributed by atoms with E-state index >= 15 is 0 Å². The van der Waals surface area contributed by atoms with Crippen LogP contribution in [0.4, 0.5) is 4.39 Å². The lowest BCUT2D eigenvalue weighted by Crippen LogP contribution is -2.50. The summed E-state index contributed by atoms with van der Waals surface area (Å²) in [5.74, 6) is -0.452. The zero-order valence-electron chi connectivity index (χ0n) is 12.1. The Morgan fingerprint density at radius 3 is 2.29 bits per heavy atom. The van der Waals surface area contributed by atoms with Crippen LogP contribution in [0, 0.1) is 5.82 Å². The number of hydrogen-bond donors (Lipinski definition) is 1. The van der Waals surface area contributed by atoms with Crippen molar-refractivity contribution in [2.24, 2.45) is 0 Å². The van der Waals surface area contributed by atoms with E-state index in [2.05, 4.69) is 4.90 Å². The number of piperazine rings is 1. The molecule has 0 radical (unpaired) electrons. The number of aliphatic hydroxyl groups excluding tert-OH is 1. The highest BCUT2D eigenvalue weighted by atomic mass is 32.2. The number of hydrogen-bond acceptors (Lipinski definition) is 4. The van der Waals surface area contributed by atoms with Gasteiger partial charge >= 0.3 is 0 Å². The summed E-state index contributed by atoms with van der Waals surface area (Å²) in [5.41, 5.74) is 0. The van der Waals surface area contributed by atoms with Crippen molar-refractivity contribution in [3.63, 3.8) is 0 Å². The van der Waals surface area contributed by atoms with Gasteiger partial charge in [-0.3, -0.25) is 4.90 Å². The van der Waals surface area contributed by atoms with Gasteiger partial charge in [-0.05, 0) is 30.7 Å². The summed E-state index contributed by atoms with van der Waals surface area (Å²) in [4.78, 5) is 2.18. The van der Waals surface area contributed by atoms with Crippen molar-refractivity contribution in [2.75, 3.05) is 32.7 Å². The van der Waals surface area contributed by atoms with E-state index in [1.165, 1.54) is 16.4 Å². The molecule has 1 aromatic rings. The maximum atomic E-state index is 12.9. The lowest BCUT2D eigenvalue weighted by atomic mass is 10.2. The van der Waals surface area contributed by atoms with E-state index in [0.717, 1.165) is 12.1 Å². The number of aliphatic hydroxyl groups is 1. The standard InChI is InChI=1S/C14H21FN2O3S/c1-2-13(18)11-16-7-9-17(10-8-16)21(19,20)14-5-3-12(15)4-6-14/h3-6,13,18H,2,7-11H2,1H3. The van der Waals surface area contributed by atoms with Crippen molar-refractivity contribution in [2.45, 2.75) is 24.3 Å². The van der Waals surface area contributed by atoms with Crippen LogP contribution in [0.2, 0.25) is 0 Å². The van der Waals surface area contributed by atoms with Crippen LogP contribution in [0.1, 0.15) is 13.3 Å². The Hall–Kier alpha value is -1.02. The van der Waals surface area contributed by atoms with Gasteiger partial charge in [-0.25, -0.2) is 12.8 Å². The van der Waals surface area contributed by atoms with Crippen LogP contribution in [0.3, 0.4) is 0 Å². The van der Waals surface area contributed by atoms with Crippen molar-refractivity contribution in [3.05, 3.63) is 30.1 Å². The molecular weight excluding hydrogens is 295 g/mol. The first-order chi connectivity index (χ1) is 9.93. The van der Waals surface area contributed by atoms with Crippen molar-refractivity contribution >= 4 is 10.0 Å². The number of nitrogens with zero attached hydrogens (tertiary/aromatic N) is 2. The molecule has 0 aromatic heterocycles. The van der Waals surface area contributed by atoms with Crippen molar-refractivity contribution in [3.8, 4) is 0 Å². The third-order valence-electron chi connectivity index (χ3n) is 3.72. The van der Waals surface area contributed by atoms with E-state index in [9.17, 15) is 17.9 Å². The highest BCUT2D eigenvalue weighted by Gasteiger charge is 2.28. The average molecular weight is 316 g/mol. The summed E-state index contributed by atoms with van der Waals surface area (Å²) in [6, 6.07) is 4.89. The lowest BCUT2D eigenvalue weighted by Gasteiger charge is -2.34. The van der Waals surface area contributed by atoms with Gasteiger partial charge in [-0.2, -0.15) is 4.31 Å². The second-order valence-corrected chi connectivity index (χ2v) is 7.16. The molecule has 21 heavy (non-hydrogen) atoms. The van der Waals surface area contributed by atoms with Crippen LogP contribution >= 0.6 is 0 Å². The van der Waals surface area contributed by atoms with E-state index < -0.39 is 15.8 Å². The second-order valence-electron chi connectivity index (χ2n) is 5.22. The zero-order chi connectivity index (χ0) is 15.5. The molecule has 5 nitrogen and oxygen atoms in total. The normalized spacial score (nSPS) is 19.6. The molecule has 7 heteroatoms. The number of benzene rings is 1. The molecule has 1 aliphatic rings. The summed E-state index contributed by atoms with van der Waals surface area (Å²) < 4.78 is 39.1. The van der Waals surface area contributed by atoms with Crippen molar-refractivity contribution in [1.29, 1.82) is 0 Å². The summed E-state index contributed by atoms with van der Waals surface area (Å²) >= 11 is 0. The van der Waals surface area contributed by atoms with E-state index in [-0.39, 0.29) is 11.0 Å². The fourth-order valence-electron chi connectivity index (χ4n) is 2.34. The highest BCUT2D eigenvalue weighted by molar-refractivity contribution is 7.89. The minimum absolute atomic E-state index is 0.117. The Balaban J connectivity index is 1.99. The monoisotopic (exact) mass is 316 g/mol. The number of sulfonamides is 1. The first-order valence-corrected chi connectivity index (χ1v) is 8.53. The Morgan fingerprint density at radius 2 is 1.76 bits per heavy atom. The molecule has 0 saturated carbocycles. The van der Waals surface area contributed by atoms with Crippen LogP contribution in [0.25, 0.3) is 0 Å². The predicted octanol–water partition coefficient (Wildman–Crippen LogP) is 0.903. The molecule has 1 unspecified atom stereocenters. The SMILES string of the molecule is CCC(O)CN1CCN(S(=O)(=O)c2ccc(F)cc2)CC1. The first-order valence-electron chi connectivity index (χ1n) is 7.09. The summed E-state index contributed by atoms with van der Waals surface area (Å²) in [7, 11) is -3.56. The molecule has 1 N–H and O–H groups in total. The maximum absolute atomic E-state index is 12.9. The topological polar surface area (TPSA) is 60.9 Å². The molecule has 0 amide bonds. The summed E-state index contributed by atoms with van der Waals surface area (Å²) in [6.07, 6.45) is 0.318. The third-order valence-corrected chi connectivity index (χ3v) is 5.64. The van der Waals surface area contributed by atoms with Gasteiger partial charge in [0.1, 0.15) is 5.82 Å². The molecule has 1 fully saturated rings. The third kappa shape index (κ3) is 4.00. The van der Waals surface area contributed by atoms with E-state index in [1.807, 2.05) is 6.92 Å². The van der Waals surface area contributed by atoms with Gasteiger partial charge in [0.15, 0.2) is 0 Å². The van der Waals surface area contributed by atoms with Crippen LogP contribution in [-0.4, -0.2) is 61.6 Å². The number of halogens is 1. The zero-order valence-corrected chi connectivity index (χ0v) is 12.9. The van der Waals surface area contributed by atoms with E-state index in [1.54, 1.807) is 0 Å². The first kappa shape index (κ1) is 16.4. The van der Waals surface area contributed by atoms with Gasteiger partial charge in [0, 0.05) is 32.7 Å². The van der Waals surface area contributed by atoms with Gasteiger partial charge in [-0.15, -0.1) is 0 Å². The van der Waals surface area contributed by atoms with Crippen LogP contribution in [0.15, 0.2) is 29.2 Å². The Labute approximate surface area is 125 Å². The molecule has 1 aliphatic heterocycles. The molecule has 1 aromatic carbocycles. The van der Waals surface area contributed by atoms with Crippen molar-refractivity contribution < 1.29 is 17.9 Å². The van der Waals surface area contributed by atoms with Gasteiger partial charge in [0.25, 0.3) is 0 Å². The van der Waals surface area contributed by atoms with E-state index in [4.69, 9.17) is 0 Å². The lowest BCUT2D eigenvalue weighted by molar-refractivity contribution is 0.0896. The Kier molecular flexibility index (Phi) is 5.32. The largest absolute Gasteiger partial charge is 0.392 e. The molecule has 2 rings (SSSR count). The van der Waals surface area contributed by atoms with Crippen LogP contribution < -0.4 is 0 Å². The quantitative estimate of drug-likeness (QED) is 0.877. The average Bonchev–Trinajstić information content (AvgIpc) is 2.48. The summed E-state index contributed by atoms with van der Waals surface area (Å²) in [5, 5.41) is 9.63. The maximum Gasteiger partial charge on any atom is 0.243 e. The number of β-amino-alcohol motifs (C(OH)–C–C–N with tert-alkyl or cyclic N) is 1. The van der Waals surface area contributed by atoms with E-state index in [0.29, 0.717) is 39.1 Å². The Bertz CT molecular complexity index is 554. The smallest absolute Gasteiger partial charge is 0.243 e. The molecule has 1 atom stereocenters. The molecule has 1 heterocycles. The second kappa shape index (κ2) is 6.83. The van der Waals surface area contributed by atoms with Gasteiger partial charge in [0.05, 0.1) is 11.0 Å². The molecule has 118 valence electrons. The molecule has 0 bridgehead atoms. The fraction of sp³-hybridized carbons (Fsp3) is 0.571. The molecular formula is C14H21FN2O3S. The minimum atomic E-state index is -3.56. The fourth-order valence-corrected chi connectivity index (χ4v) is 3.76. The van der Waals surface area contributed by atoms with Gasteiger partial charge in [0.2, 0.25) is 10.0 Å². The van der Waals surface area contributed by atoms with Gasteiger partial charge in [-0.1, -0.05) is 6.92 Å². The number of rotatable bonds is 5. The van der Waals surface area contributed by atoms with Crippen LogP contribution in [0.5, 0.6) is 0 Å². The molecule has 0 spiro atoms. The minimum Gasteiger partial charge on any atom is -0.392 e. The highest BCUT2D eigenvalue weighted by Crippen LogP contribution is 2.18. The molecule has 1 saturated heterocycles. The predicted molar refractivity (Wildman–Crippen MR) is 77.9 cm³/mol.